The minimum Gasteiger partial charge on any atom is -0.480 e. The smallest absolute Gasteiger partial charge is 0.320 e. The zero-order valence-corrected chi connectivity index (χ0v) is 18.2. The van der Waals surface area contributed by atoms with E-state index in [-0.39, 0.29) is 5.91 Å². The van der Waals surface area contributed by atoms with Crippen LogP contribution in [-0.2, 0) is 11.3 Å². The first-order valence-electron chi connectivity index (χ1n) is 10.4. The molecular formula is C24H25N3O3S. The number of hydrogen-bond donors (Lipinski definition) is 2. The number of anilines is 1. The fraction of sp³-hybridized carbons (Fsp3) is 0.292. The summed E-state index contributed by atoms with van der Waals surface area (Å²) in [4.78, 5) is 31.5. The number of nitrogens with zero attached hydrogens (tertiary/aromatic N) is 2. The zero-order valence-electron chi connectivity index (χ0n) is 17.4. The number of rotatable bonds is 6. The lowest BCUT2D eigenvalue weighted by Crippen LogP contribution is -2.43. The second kappa shape index (κ2) is 9.41. The van der Waals surface area contributed by atoms with Crippen molar-refractivity contribution in [3.63, 3.8) is 0 Å². The normalized spacial score (nSPS) is 16.7. The molecule has 0 bridgehead atoms. The quantitative estimate of drug-likeness (QED) is 0.581. The van der Waals surface area contributed by atoms with Crippen LogP contribution >= 0.6 is 11.3 Å². The molecule has 3 aromatic rings. The van der Waals surface area contributed by atoms with Crippen molar-refractivity contribution in [2.75, 3.05) is 11.9 Å². The van der Waals surface area contributed by atoms with Gasteiger partial charge in [0.1, 0.15) is 6.04 Å². The van der Waals surface area contributed by atoms with E-state index in [4.69, 9.17) is 0 Å². The molecule has 0 radical (unpaired) electrons. The van der Waals surface area contributed by atoms with E-state index in [1.807, 2.05) is 60.4 Å². The molecule has 2 heterocycles. The van der Waals surface area contributed by atoms with Crippen molar-refractivity contribution in [1.29, 1.82) is 0 Å². The van der Waals surface area contributed by atoms with Crippen LogP contribution in [0.5, 0.6) is 0 Å². The van der Waals surface area contributed by atoms with Crippen LogP contribution in [0.4, 0.5) is 5.69 Å². The van der Waals surface area contributed by atoms with Crippen LogP contribution in [0.1, 0.15) is 39.5 Å². The molecule has 1 amide bonds. The third-order valence-corrected chi connectivity index (χ3v) is 6.65. The Balaban J connectivity index is 1.47. The van der Waals surface area contributed by atoms with Gasteiger partial charge in [0, 0.05) is 23.3 Å². The number of carboxylic acids is 1. The number of thiazole rings is 1. The average Bonchev–Trinajstić information content (AvgIpc) is 3.25. The molecule has 0 saturated carbocycles. The van der Waals surface area contributed by atoms with Crippen LogP contribution in [0.25, 0.3) is 11.1 Å². The molecular weight excluding hydrogens is 410 g/mol. The highest BCUT2D eigenvalue weighted by Crippen LogP contribution is 2.29. The van der Waals surface area contributed by atoms with Gasteiger partial charge in [0.2, 0.25) is 0 Å². The Morgan fingerprint density at radius 1 is 1.16 bits per heavy atom. The molecule has 0 aliphatic carbocycles. The van der Waals surface area contributed by atoms with Gasteiger partial charge in [0.25, 0.3) is 5.91 Å². The predicted octanol–water partition coefficient (Wildman–Crippen LogP) is 4.81. The topological polar surface area (TPSA) is 82.5 Å². The second-order valence-corrected chi connectivity index (χ2v) is 8.87. The number of carbonyl (C=O) groups excluding carboxylic acids is 1. The summed E-state index contributed by atoms with van der Waals surface area (Å²) in [6.45, 7) is 3.25. The summed E-state index contributed by atoms with van der Waals surface area (Å²) in [6, 6.07) is 15.5. The Morgan fingerprint density at radius 3 is 2.74 bits per heavy atom. The summed E-state index contributed by atoms with van der Waals surface area (Å²) < 4.78 is 0. The third-order valence-electron chi connectivity index (χ3n) is 5.67. The highest BCUT2D eigenvalue weighted by atomic mass is 32.1. The summed E-state index contributed by atoms with van der Waals surface area (Å²) in [5.74, 6) is -1.03. The van der Waals surface area contributed by atoms with Crippen LogP contribution in [0.3, 0.4) is 0 Å². The lowest BCUT2D eigenvalue weighted by atomic mass is 9.99. The first-order valence-corrected chi connectivity index (χ1v) is 11.2. The van der Waals surface area contributed by atoms with E-state index in [0.717, 1.165) is 46.6 Å². The van der Waals surface area contributed by atoms with E-state index in [1.54, 1.807) is 6.20 Å². The molecule has 6 nitrogen and oxygen atoms in total. The number of amides is 1. The molecule has 31 heavy (non-hydrogen) atoms. The maximum Gasteiger partial charge on any atom is 0.320 e. The van der Waals surface area contributed by atoms with Crippen LogP contribution in [0, 0.1) is 6.92 Å². The molecule has 2 N–H and O–H groups in total. The Kier molecular flexibility index (Phi) is 6.44. The number of piperidine rings is 1. The van der Waals surface area contributed by atoms with Crippen molar-refractivity contribution in [3.8, 4) is 11.1 Å². The van der Waals surface area contributed by atoms with Gasteiger partial charge in [-0.3, -0.25) is 14.5 Å². The van der Waals surface area contributed by atoms with Gasteiger partial charge in [-0.15, -0.1) is 11.3 Å². The molecule has 4 rings (SSSR count). The first kappa shape index (κ1) is 21.2. The molecule has 1 aliphatic rings. The lowest BCUT2D eigenvalue weighted by Gasteiger charge is -2.32. The molecule has 160 valence electrons. The average molecular weight is 436 g/mol. The van der Waals surface area contributed by atoms with E-state index in [1.165, 1.54) is 11.3 Å². The number of aliphatic carboxylic acids is 1. The van der Waals surface area contributed by atoms with Crippen LogP contribution < -0.4 is 5.32 Å². The zero-order chi connectivity index (χ0) is 21.8. The van der Waals surface area contributed by atoms with Crippen molar-refractivity contribution in [3.05, 3.63) is 70.2 Å². The van der Waals surface area contributed by atoms with Gasteiger partial charge in [0.15, 0.2) is 5.01 Å². The van der Waals surface area contributed by atoms with Gasteiger partial charge in [-0.25, -0.2) is 4.98 Å². The molecule has 1 saturated heterocycles. The Hall–Kier alpha value is -3.03. The molecule has 1 aromatic heterocycles. The number of nitrogens with one attached hydrogen (secondary N) is 1. The van der Waals surface area contributed by atoms with Crippen molar-refractivity contribution in [2.45, 2.75) is 38.8 Å². The number of benzene rings is 2. The third kappa shape index (κ3) is 4.84. The summed E-state index contributed by atoms with van der Waals surface area (Å²) in [6.07, 6.45) is 4.27. The van der Waals surface area contributed by atoms with Gasteiger partial charge >= 0.3 is 5.97 Å². The van der Waals surface area contributed by atoms with Crippen molar-refractivity contribution in [2.24, 2.45) is 0 Å². The van der Waals surface area contributed by atoms with Crippen LogP contribution in [0.2, 0.25) is 0 Å². The summed E-state index contributed by atoms with van der Waals surface area (Å²) in [5.41, 5.74) is 3.92. The molecule has 1 fully saturated rings. The van der Waals surface area contributed by atoms with E-state index in [9.17, 15) is 14.7 Å². The molecule has 0 unspecified atom stereocenters. The molecule has 0 spiro atoms. The van der Waals surface area contributed by atoms with E-state index < -0.39 is 12.0 Å². The minimum absolute atomic E-state index is 0.252. The standard InChI is InChI=1S/C24H25N3O3S/c1-16-19(17-8-3-2-4-9-17)10-7-11-20(16)26-22(28)23-25-14-18(31-23)15-27-13-6-5-12-21(27)24(29)30/h2-4,7-11,14,21H,5-6,12-13,15H2,1H3,(H,26,28)(H,29,30)/t21-/m0/s1. The largest absolute Gasteiger partial charge is 0.480 e. The molecule has 1 atom stereocenters. The summed E-state index contributed by atoms with van der Waals surface area (Å²) in [5, 5.41) is 12.8. The van der Waals surface area contributed by atoms with Crippen LogP contribution in [0.15, 0.2) is 54.7 Å². The predicted molar refractivity (Wildman–Crippen MR) is 122 cm³/mol. The highest BCUT2D eigenvalue weighted by molar-refractivity contribution is 7.13. The number of carboxylic acid groups (broad SMARTS) is 1. The fourth-order valence-corrected chi connectivity index (χ4v) is 4.86. The van der Waals surface area contributed by atoms with Gasteiger partial charge in [-0.2, -0.15) is 0 Å². The number of aromatic nitrogens is 1. The number of carbonyl (C=O) groups is 2. The summed E-state index contributed by atoms with van der Waals surface area (Å²) >= 11 is 1.32. The monoisotopic (exact) mass is 435 g/mol. The first-order chi connectivity index (χ1) is 15.0. The minimum atomic E-state index is -0.782. The second-order valence-electron chi connectivity index (χ2n) is 7.75. The molecule has 1 aliphatic heterocycles. The molecule has 7 heteroatoms. The van der Waals surface area contributed by atoms with E-state index >= 15 is 0 Å². The van der Waals surface area contributed by atoms with Crippen molar-refractivity contribution in [1.82, 2.24) is 9.88 Å². The maximum atomic E-state index is 12.8. The van der Waals surface area contributed by atoms with Gasteiger partial charge in [-0.1, -0.05) is 48.9 Å². The summed E-state index contributed by atoms with van der Waals surface area (Å²) in [7, 11) is 0. The lowest BCUT2D eigenvalue weighted by molar-refractivity contribution is -0.144. The van der Waals surface area contributed by atoms with Gasteiger partial charge < -0.3 is 10.4 Å². The molecule has 2 aromatic carbocycles. The van der Waals surface area contributed by atoms with E-state index in [0.29, 0.717) is 18.0 Å². The van der Waals surface area contributed by atoms with Crippen molar-refractivity contribution < 1.29 is 14.7 Å². The maximum absolute atomic E-state index is 12.8. The van der Waals surface area contributed by atoms with Gasteiger partial charge in [-0.05, 0) is 49.1 Å². The van der Waals surface area contributed by atoms with Gasteiger partial charge in [0.05, 0.1) is 0 Å². The number of likely N-dealkylation sites (tertiary alicyclic amines) is 1. The van der Waals surface area contributed by atoms with E-state index in [2.05, 4.69) is 10.3 Å². The Morgan fingerprint density at radius 2 is 1.97 bits per heavy atom. The van der Waals surface area contributed by atoms with Crippen molar-refractivity contribution >= 4 is 28.9 Å². The number of hydrogen-bond acceptors (Lipinski definition) is 5. The fourth-order valence-electron chi connectivity index (χ4n) is 4.02. The SMILES string of the molecule is Cc1c(NC(=O)c2ncc(CN3CCCC[C@H]3C(=O)O)s2)cccc1-c1ccccc1. The Labute approximate surface area is 185 Å². The van der Waals surface area contributed by atoms with Crippen LogP contribution in [-0.4, -0.2) is 39.5 Å². The highest BCUT2D eigenvalue weighted by Gasteiger charge is 2.29. The Bertz CT molecular complexity index is 1080.